The van der Waals surface area contributed by atoms with Crippen LogP contribution in [-0.4, -0.2) is 60.1 Å². The molecule has 0 aromatic heterocycles. The Morgan fingerprint density at radius 3 is 2.34 bits per heavy atom. The zero-order chi connectivity index (χ0) is 27.9. The number of nitrogens with zero attached hydrogens (tertiary/aromatic N) is 2. The number of carbonyl (C=O) groups is 3. The Morgan fingerprint density at radius 2 is 1.76 bits per heavy atom. The highest BCUT2D eigenvalue weighted by Gasteiger charge is 2.33. The number of carboxylic acid groups (broad SMARTS) is 1. The number of nitrogens with two attached hydrogens (primary N) is 2. The summed E-state index contributed by atoms with van der Waals surface area (Å²) in [4.78, 5) is 41.4. The molecule has 12 nitrogen and oxygen atoms in total. The molecule has 1 heterocycles. The molecule has 0 bridgehead atoms. The fourth-order valence-corrected chi connectivity index (χ4v) is 3.58. The van der Waals surface area contributed by atoms with E-state index in [9.17, 15) is 19.5 Å². The van der Waals surface area contributed by atoms with Gasteiger partial charge >= 0.3 is 18.2 Å². The molecule has 1 fully saturated rings. The molecule has 0 saturated carbocycles. The molecule has 2 aromatic rings. The van der Waals surface area contributed by atoms with Crippen LogP contribution in [0.15, 0.2) is 53.5 Å². The molecule has 6 N–H and O–H groups in total. The number of hydrogen-bond donors (Lipinski definition) is 4. The van der Waals surface area contributed by atoms with Gasteiger partial charge in [-0.3, -0.25) is 4.90 Å². The van der Waals surface area contributed by atoms with Crippen molar-refractivity contribution in [1.29, 1.82) is 0 Å². The van der Waals surface area contributed by atoms with Gasteiger partial charge in [-0.25, -0.2) is 19.4 Å². The smallest absolute Gasteiger partial charge is 0.414 e. The van der Waals surface area contributed by atoms with Crippen LogP contribution < -0.4 is 26.4 Å². The standard InChI is InChI=1S/C26H33N5O7/c1-26(2,3)38-24(34)30-21(22(32)33)12-16-6-10-19(11-7-16)36-15-20-14-31(25(35)37-20)18-8-4-17(5-9-18)13-29-23(27)28/h4-11,20-21H,12-15H2,1-3H3,(H,30,34)(H,32,33)(H4,27,28,29). The van der Waals surface area contributed by atoms with Gasteiger partial charge in [-0.15, -0.1) is 0 Å². The monoisotopic (exact) mass is 527 g/mol. The lowest BCUT2D eigenvalue weighted by molar-refractivity contribution is -0.139. The minimum absolute atomic E-state index is 0.00865. The zero-order valence-electron chi connectivity index (χ0n) is 21.5. The normalized spacial score (nSPS) is 15.8. The Balaban J connectivity index is 1.50. The number of ether oxygens (including phenoxy) is 3. The average molecular weight is 528 g/mol. The molecule has 2 atom stereocenters. The van der Waals surface area contributed by atoms with E-state index in [1.54, 1.807) is 57.2 Å². The SMILES string of the molecule is CC(C)(C)OC(=O)NC(Cc1ccc(OCC2CN(c3ccc(CN=C(N)N)cc3)C(=O)O2)cc1)C(=O)O. The second-order valence-electron chi connectivity index (χ2n) is 9.72. The van der Waals surface area contributed by atoms with E-state index >= 15 is 0 Å². The van der Waals surface area contributed by atoms with Crippen LogP contribution in [0.25, 0.3) is 0 Å². The number of cyclic esters (lactones) is 1. The number of nitrogens with one attached hydrogen (secondary N) is 1. The summed E-state index contributed by atoms with van der Waals surface area (Å²) in [7, 11) is 0. The molecular formula is C26H33N5O7. The topological polar surface area (TPSA) is 179 Å². The van der Waals surface area contributed by atoms with Crippen molar-refractivity contribution in [3.8, 4) is 5.75 Å². The zero-order valence-corrected chi connectivity index (χ0v) is 21.5. The molecule has 3 rings (SSSR count). The van der Waals surface area contributed by atoms with Gasteiger partial charge in [0.25, 0.3) is 0 Å². The number of aliphatic imine (C=N–C) groups is 1. The van der Waals surface area contributed by atoms with E-state index in [2.05, 4.69) is 10.3 Å². The van der Waals surface area contributed by atoms with Crippen molar-refractivity contribution in [3.63, 3.8) is 0 Å². The van der Waals surface area contributed by atoms with Gasteiger partial charge in [0.2, 0.25) is 0 Å². The molecule has 38 heavy (non-hydrogen) atoms. The van der Waals surface area contributed by atoms with Crippen LogP contribution in [0.5, 0.6) is 5.75 Å². The number of aliphatic carboxylic acids is 1. The molecule has 12 heteroatoms. The largest absolute Gasteiger partial charge is 0.490 e. The van der Waals surface area contributed by atoms with Gasteiger partial charge < -0.3 is 36.1 Å². The number of carbonyl (C=O) groups excluding carboxylic acids is 2. The highest BCUT2D eigenvalue weighted by atomic mass is 16.6. The van der Waals surface area contributed by atoms with Gasteiger partial charge in [0.15, 0.2) is 12.1 Å². The number of benzene rings is 2. The van der Waals surface area contributed by atoms with E-state index in [4.69, 9.17) is 25.7 Å². The molecule has 0 aliphatic carbocycles. The second kappa shape index (κ2) is 12.2. The third kappa shape index (κ3) is 8.57. The molecular weight excluding hydrogens is 494 g/mol. The highest BCUT2D eigenvalue weighted by molar-refractivity contribution is 5.89. The molecule has 1 saturated heterocycles. The van der Waals surface area contributed by atoms with Gasteiger partial charge in [0, 0.05) is 12.1 Å². The summed E-state index contributed by atoms with van der Waals surface area (Å²) in [5.41, 5.74) is 12.2. The minimum Gasteiger partial charge on any atom is -0.490 e. The van der Waals surface area contributed by atoms with Crippen molar-refractivity contribution in [3.05, 3.63) is 59.7 Å². The Kier molecular flexibility index (Phi) is 9.00. The van der Waals surface area contributed by atoms with Crippen molar-refractivity contribution in [2.45, 2.75) is 51.5 Å². The van der Waals surface area contributed by atoms with Gasteiger partial charge in [0.1, 0.15) is 24.0 Å². The van der Waals surface area contributed by atoms with E-state index < -0.39 is 35.9 Å². The quantitative estimate of drug-likeness (QED) is 0.267. The lowest BCUT2D eigenvalue weighted by Gasteiger charge is -2.22. The summed E-state index contributed by atoms with van der Waals surface area (Å²) in [6.45, 7) is 5.89. The van der Waals surface area contributed by atoms with Crippen LogP contribution in [0.4, 0.5) is 15.3 Å². The molecule has 0 spiro atoms. The molecule has 204 valence electrons. The van der Waals surface area contributed by atoms with Crippen LogP contribution in [0.1, 0.15) is 31.9 Å². The van der Waals surface area contributed by atoms with E-state index in [1.165, 1.54) is 4.90 Å². The van der Waals surface area contributed by atoms with Gasteiger partial charge in [-0.05, 0) is 56.2 Å². The number of guanidine groups is 1. The maximum absolute atomic E-state index is 12.4. The van der Waals surface area contributed by atoms with Crippen molar-refractivity contribution in [2.24, 2.45) is 16.5 Å². The van der Waals surface area contributed by atoms with Crippen LogP contribution in [-0.2, 0) is 27.2 Å². The van der Waals surface area contributed by atoms with Crippen LogP contribution in [0, 0.1) is 0 Å². The maximum Gasteiger partial charge on any atom is 0.414 e. The molecule has 2 amide bonds. The molecule has 0 radical (unpaired) electrons. The van der Waals surface area contributed by atoms with Crippen molar-refractivity contribution in [2.75, 3.05) is 18.1 Å². The minimum atomic E-state index is -1.17. The Bertz CT molecular complexity index is 1160. The summed E-state index contributed by atoms with van der Waals surface area (Å²) in [6.07, 6.45) is -1.68. The van der Waals surface area contributed by atoms with Crippen LogP contribution in [0.2, 0.25) is 0 Å². The number of amides is 2. The maximum atomic E-state index is 12.4. The fraction of sp³-hybridized carbons (Fsp3) is 0.385. The number of rotatable bonds is 10. The second-order valence-corrected chi connectivity index (χ2v) is 9.72. The first-order chi connectivity index (χ1) is 17.9. The van der Waals surface area contributed by atoms with Gasteiger partial charge in [0.05, 0.1) is 13.1 Å². The first kappa shape index (κ1) is 28.1. The van der Waals surface area contributed by atoms with E-state index in [1.807, 2.05) is 12.1 Å². The third-order valence-electron chi connectivity index (χ3n) is 5.35. The average Bonchev–Trinajstić information content (AvgIpc) is 3.21. The van der Waals surface area contributed by atoms with Crippen molar-refractivity contribution in [1.82, 2.24) is 5.32 Å². The summed E-state index contributed by atoms with van der Waals surface area (Å²) < 4.78 is 16.3. The fourth-order valence-electron chi connectivity index (χ4n) is 3.58. The Labute approximate surface area is 220 Å². The molecule has 1 aliphatic heterocycles. The number of carboxylic acids is 1. The number of hydrogen-bond acceptors (Lipinski definition) is 7. The van der Waals surface area contributed by atoms with E-state index in [-0.39, 0.29) is 19.0 Å². The van der Waals surface area contributed by atoms with Crippen molar-refractivity contribution < 1.29 is 33.7 Å². The number of anilines is 1. The Hall–Kier alpha value is -4.48. The molecule has 1 aliphatic rings. The predicted molar refractivity (Wildman–Crippen MR) is 140 cm³/mol. The van der Waals surface area contributed by atoms with Crippen LogP contribution in [0.3, 0.4) is 0 Å². The first-order valence-electron chi connectivity index (χ1n) is 12.0. The third-order valence-corrected chi connectivity index (χ3v) is 5.35. The molecule has 2 unspecified atom stereocenters. The summed E-state index contributed by atoms with van der Waals surface area (Å²) in [5, 5.41) is 11.8. The summed E-state index contributed by atoms with van der Waals surface area (Å²) in [6, 6.07) is 12.9. The lowest BCUT2D eigenvalue weighted by atomic mass is 10.1. The van der Waals surface area contributed by atoms with Gasteiger partial charge in [-0.2, -0.15) is 0 Å². The Morgan fingerprint density at radius 1 is 1.13 bits per heavy atom. The van der Waals surface area contributed by atoms with Crippen molar-refractivity contribution >= 4 is 29.8 Å². The first-order valence-corrected chi connectivity index (χ1v) is 12.0. The lowest BCUT2D eigenvalue weighted by Crippen LogP contribution is -2.44. The predicted octanol–water partition coefficient (Wildman–Crippen LogP) is 2.38. The highest BCUT2D eigenvalue weighted by Crippen LogP contribution is 2.23. The summed E-state index contributed by atoms with van der Waals surface area (Å²) in [5.74, 6) is -0.638. The number of alkyl carbamates (subject to hydrolysis) is 1. The van der Waals surface area contributed by atoms with Crippen LogP contribution >= 0.6 is 0 Å². The summed E-state index contributed by atoms with van der Waals surface area (Å²) >= 11 is 0. The van der Waals surface area contributed by atoms with E-state index in [0.29, 0.717) is 30.1 Å². The molecule has 2 aromatic carbocycles. The van der Waals surface area contributed by atoms with Gasteiger partial charge in [-0.1, -0.05) is 24.3 Å². The van der Waals surface area contributed by atoms with E-state index in [0.717, 1.165) is 5.56 Å².